The molecule has 2 aliphatic heterocycles. The van der Waals surface area contributed by atoms with Crippen LogP contribution in [0.15, 0.2) is 89.0 Å². The van der Waals surface area contributed by atoms with Crippen LogP contribution >= 0.6 is 23.4 Å². The van der Waals surface area contributed by atoms with Gasteiger partial charge in [0.05, 0.1) is 22.5 Å². The van der Waals surface area contributed by atoms with Crippen LogP contribution in [-0.4, -0.2) is 33.0 Å². The van der Waals surface area contributed by atoms with Crippen LogP contribution in [0.2, 0.25) is 5.02 Å². The summed E-state index contributed by atoms with van der Waals surface area (Å²) in [6, 6.07) is 25.3. The number of benzene rings is 3. The number of hydrogen-bond acceptors (Lipinski definition) is 5. The Hall–Kier alpha value is -3.42. The third kappa shape index (κ3) is 5.16. The molecule has 0 unspecified atom stereocenters. The van der Waals surface area contributed by atoms with E-state index in [1.54, 1.807) is 24.3 Å². The highest BCUT2D eigenvalue weighted by atomic mass is 35.5. The maximum atomic E-state index is 12.7. The quantitative estimate of drug-likeness (QED) is 0.476. The topological polar surface area (TPSA) is 74.1 Å². The summed E-state index contributed by atoms with van der Waals surface area (Å²) in [7, 11) is 0. The van der Waals surface area contributed by atoms with E-state index in [2.05, 4.69) is 53.6 Å². The number of nitrogens with one attached hydrogen (secondary N) is 1. The van der Waals surface area contributed by atoms with E-state index in [1.165, 1.54) is 17.3 Å². The molecule has 2 atom stereocenters. The van der Waals surface area contributed by atoms with E-state index in [-0.39, 0.29) is 24.3 Å². The summed E-state index contributed by atoms with van der Waals surface area (Å²) in [4.78, 5) is 29.7. The zero-order valence-electron chi connectivity index (χ0n) is 19.0. The van der Waals surface area contributed by atoms with Gasteiger partial charge >= 0.3 is 0 Å². The first kappa shape index (κ1) is 23.3. The molecule has 0 aromatic heterocycles. The molecule has 3 aromatic carbocycles. The van der Waals surface area contributed by atoms with Gasteiger partial charge in [0, 0.05) is 12.8 Å². The van der Waals surface area contributed by atoms with Crippen LogP contribution in [0, 0.1) is 6.92 Å². The summed E-state index contributed by atoms with van der Waals surface area (Å²) in [6.07, 6.45) is 0.693. The lowest BCUT2D eigenvalue weighted by molar-refractivity contribution is -0.121. The Bertz CT molecular complexity index is 1320. The van der Waals surface area contributed by atoms with E-state index < -0.39 is 5.25 Å². The second kappa shape index (κ2) is 10.1. The minimum atomic E-state index is -0.609. The average Bonchev–Trinajstić information content (AvgIpc) is 3.46. The molecule has 0 bridgehead atoms. The highest BCUT2D eigenvalue weighted by molar-refractivity contribution is 8.15. The molecule has 0 aliphatic carbocycles. The van der Waals surface area contributed by atoms with Gasteiger partial charge in [-0.2, -0.15) is 10.1 Å². The number of carbonyl (C=O) groups is 2. The molecule has 6 nitrogen and oxygen atoms in total. The van der Waals surface area contributed by atoms with Gasteiger partial charge in [-0.25, -0.2) is 5.01 Å². The Labute approximate surface area is 213 Å². The zero-order chi connectivity index (χ0) is 24.4. The normalized spacial score (nSPS) is 19.5. The van der Waals surface area contributed by atoms with Gasteiger partial charge in [0.1, 0.15) is 5.25 Å². The van der Waals surface area contributed by atoms with Crippen molar-refractivity contribution in [2.24, 2.45) is 10.1 Å². The van der Waals surface area contributed by atoms with Crippen molar-refractivity contribution in [1.29, 1.82) is 0 Å². The van der Waals surface area contributed by atoms with Gasteiger partial charge in [0.15, 0.2) is 5.17 Å². The van der Waals surface area contributed by atoms with Crippen LogP contribution in [0.3, 0.4) is 0 Å². The van der Waals surface area contributed by atoms with Gasteiger partial charge < -0.3 is 5.32 Å². The summed E-state index contributed by atoms with van der Waals surface area (Å²) in [5.74, 6) is -0.615. The average molecular weight is 503 g/mol. The molecule has 176 valence electrons. The lowest BCUT2D eigenvalue weighted by atomic mass is 9.98. The lowest BCUT2D eigenvalue weighted by Gasteiger charge is -2.23. The standard InChI is InChI=1S/C27H23ClN4O2S/c1-17-11-13-18(14-12-17)22-15-23(19-7-3-2-4-8-19)32(31-22)27-30-26(34)24(35-27)16-25(33)29-21-10-6-5-9-20(21)28/h2-14,23-24H,15-16H2,1H3,(H,29,33)/t23-,24+/m1/s1. The first-order valence-corrected chi connectivity index (χ1v) is 12.6. The van der Waals surface area contributed by atoms with E-state index in [0.717, 1.165) is 16.8 Å². The Kier molecular flexibility index (Phi) is 6.70. The molecule has 1 N–H and O–H groups in total. The first-order chi connectivity index (χ1) is 17.0. The molecule has 0 saturated heterocycles. The van der Waals surface area contributed by atoms with E-state index >= 15 is 0 Å². The molecule has 2 aliphatic rings. The van der Waals surface area contributed by atoms with Gasteiger partial charge in [-0.15, -0.1) is 0 Å². The predicted octanol–water partition coefficient (Wildman–Crippen LogP) is 5.83. The number of carbonyl (C=O) groups excluding carboxylic acids is 2. The van der Waals surface area contributed by atoms with Crippen LogP contribution in [-0.2, 0) is 9.59 Å². The zero-order valence-corrected chi connectivity index (χ0v) is 20.6. The van der Waals surface area contributed by atoms with Crippen molar-refractivity contribution < 1.29 is 9.59 Å². The molecule has 2 amide bonds. The Morgan fingerprint density at radius 2 is 1.77 bits per heavy atom. The Morgan fingerprint density at radius 3 is 2.51 bits per heavy atom. The van der Waals surface area contributed by atoms with E-state index in [0.29, 0.717) is 22.3 Å². The summed E-state index contributed by atoms with van der Waals surface area (Å²) in [6.45, 7) is 2.05. The highest BCUT2D eigenvalue weighted by Gasteiger charge is 2.39. The third-order valence-corrected chi connectivity index (χ3v) is 7.39. The molecule has 0 fully saturated rings. The fourth-order valence-electron chi connectivity index (χ4n) is 4.08. The van der Waals surface area contributed by atoms with Crippen LogP contribution in [0.5, 0.6) is 0 Å². The monoisotopic (exact) mass is 502 g/mol. The number of amidine groups is 1. The van der Waals surface area contributed by atoms with Crippen molar-refractivity contribution in [3.8, 4) is 0 Å². The largest absolute Gasteiger partial charge is 0.325 e. The third-order valence-electron chi connectivity index (χ3n) is 5.92. The number of anilines is 1. The van der Waals surface area contributed by atoms with Crippen LogP contribution in [0.1, 0.15) is 35.6 Å². The summed E-state index contributed by atoms with van der Waals surface area (Å²) >= 11 is 7.42. The number of thioether (sulfide) groups is 1. The number of para-hydroxylation sites is 1. The van der Waals surface area contributed by atoms with Gasteiger partial charge in [-0.05, 0) is 30.2 Å². The molecule has 0 saturated carbocycles. The highest BCUT2D eigenvalue weighted by Crippen LogP contribution is 2.38. The number of amides is 2. The summed E-state index contributed by atoms with van der Waals surface area (Å²) < 4.78 is 0. The molecule has 0 radical (unpaired) electrons. The Balaban J connectivity index is 1.35. The molecule has 8 heteroatoms. The molecule has 3 aromatic rings. The van der Waals surface area contributed by atoms with Crippen molar-refractivity contribution in [3.05, 3.63) is 101 Å². The maximum absolute atomic E-state index is 12.7. The molecule has 35 heavy (non-hydrogen) atoms. The van der Waals surface area contributed by atoms with E-state index in [1.807, 2.05) is 23.2 Å². The number of aryl methyl sites for hydroxylation is 1. The molecule has 0 spiro atoms. The summed E-state index contributed by atoms with van der Waals surface area (Å²) in [5, 5.41) is 9.85. The van der Waals surface area contributed by atoms with Crippen molar-refractivity contribution >= 4 is 51.7 Å². The number of aliphatic imine (C=N–C) groups is 1. The molecule has 2 heterocycles. The predicted molar refractivity (Wildman–Crippen MR) is 142 cm³/mol. The number of hydrazone groups is 1. The second-order valence-corrected chi connectivity index (χ2v) is 10.0. The van der Waals surface area contributed by atoms with Gasteiger partial charge in [-0.3, -0.25) is 9.59 Å². The van der Waals surface area contributed by atoms with Crippen molar-refractivity contribution in [3.63, 3.8) is 0 Å². The van der Waals surface area contributed by atoms with E-state index in [9.17, 15) is 9.59 Å². The minimum absolute atomic E-state index is 0.0000996. The van der Waals surface area contributed by atoms with Crippen molar-refractivity contribution in [2.75, 3.05) is 5.32 Å². The first-order valence-electron chi connectivity index (χ1n) is 11.3. The molecular formula is C27H23ClN4O2S. The maximum Gasteiger partial charge on any atom is 0.262 e. The number of hydrogen-bond donors (Lipinski definition) is 1. The SMILES string of the molecule is Cc1ccc(C2=NN(C3=NC(=O)[C@H](CC(=O)Nc4ccccc4Cl)S3)[C@@H](c3ccccc3)C2)cc1. The second-order valence-electron chi connectivity index (χ2n) is 8.46. The fourth-order valence-corrected chi connectivity index (χ4v) is 5.32. The van der Waals surface area contributed by atoms with Crippen molar-refractivity contribution in [2.45, 2.75) is 31.1 Å². The number of rotatable bonds is 5. The van der Waals surface area contributed by atoms with Crippen LogP contribution < -0.4 is 5.32 Å². The lowest BCUT2D eigenvalue weighted by Crippen LogP contribution is -2.25. The minimum Gasteiger partial charge on any atom is -0.325 e. The number of halogens is 1. The van der Waals surface area contributed by atoms with Gasteiger partial charge in [0.25, 0.3) is 5.91 Å². The van der Waals surface area contributed by atoms with Gasteiger partial charge in [-0.1, -0.05) is 95.7 Å². The van der Waals surface area contributed by atoms with Gasteiger partial charge in [0.2, 0.25) is 5.91 Å². The summed E-state index contributed by atoms with van der Waals surface area (Å²) in [5.41, 5.74) is 4.78. The molecule has 5 rings (SSSR count). The van der Waals surface area contributed by atoms with Crippen LogP contribution in [0.4, 0.5) is 5.69 Å². The van der Waals surface area contributed by atoms with Crippen LogP contribution in [0.25, 0.3) is 0 Å². The Morgan fingerprint density at radius 1 is 1.06 bits per heavy atom. The fraction of sp³-hybridized carbons (Fsp3) is 0.185. The van der Waals surface area contributed by atoms with Crippen molar-refractivity contribution in [1.82, 2.24) is 5.01 Å². The smallest absolute Gasteiger partial charge is 0.262 e. The van der Waals surface area contributed by atoms with E-state index in [4.69, 9.17) is 16.7 Å². The number of nitrogens with zero attached hydrogens (tertiary/aromatic N) is 3. The molecular weight excluding hydrogens is 480 g/mol.